The van der Waals surface area contributed by atoms with Gasteiger partial charge in [-0.05, 0) is 30.3 Å². The standard InChI is InChI=1S/C23H22FN5O2/c1-31-19-4-2-3-18(24)21(19)22-17-14-29(23(30)16(17)7-8-26-22)20-6-5-15(13-27-20)28-11-9-25-10-12-28/h2-8,13,25H,9-12,14H2,1H3. The molecule has 2 aliphatic heterocycles. The lowest BCUT2D eigenvalue weighted by Gasteiger charge is -2.29. The fourth-order valence-corrected chi connectivity index (χ4v) is 4.18. The number of piperazine rings is 1. The third-order valence-corrected chi connectivity index (χ3v) is 5.77. The predicted octanol–water partition coefficient (Wildman–Crippen LogP) is 2.86. The Balaban J connectivity index is 1.48. The number of nitrogens with one attached hydrogen (secondary N) is 1. The molecule has 0 unspecified atom stereocenters. The van der Waals surface area contributed by atoms with Crippen LogP contribution in [0.2, 0.25) is 0 Å². The molecule has 3 aromatic rings. The van der Waals surface area contributed by atoms with Crippen LogP contribution in [0.3, 0.4) is 0 Å². The number of fused-ring (bicyclic) bond motifs is 1. The topological polar surface area (TPSA) is 70.6 Å². The average Bonchev–Trinajstić information content (AvgIpc) is 3.16. The van der Waals surface area contributed by atoms with Crippen molar-refractivity contribution in [1.82, 2.24) is 15.3 Å². The van der Waals surface area contributed by atoms with E-state index in [9.17, 15) is 9.18 Å². The van der Waals surface area contributed by atoms with Crippen molar-refractivity contribution in [2.45, 2.75) is 6.54 Å². The van der Waals surface area contributed by atoms with E-state index in [2.05, 4.69) is 20.2 Å². The number of carbonyl (C=O) groups is 1. The van der Waals surface area contributed by atoms with Crippen LogP contribution in [0.5, 0.6) is 5.75 Å². The van der Waals surface area contributed by atoms with Gasteiger partial charge in [-0.2, -0.15) is 0 Å². The monoisotopic (exact) mass is 419 g/mol. The normalized spacial score (nSPS) is 15.9. The predicted molar refractivity (Wildman–Crippen MR) is 116 cm³/mol. The zero-order chi connectivity index (χ0) is 21.4. The lowest BCUT2D eigenvalue weighted by atomic mass is 10.0. The Morgan fingerprint density at radius 2 is 1.94 bits per heavy atom. The summed E-state index contributed by atoms with van der Waals surface area (Å²) < 4.78 is 20.0. The first-order chi connectivity index (χ1) is 15.2. The van der Waals surface area contributed by atoms with Gasteiger partial charge in [0.05, 0.1) is 36.8 Å². The van der Waals surface area contributed by atoms with Gasteiger partial charge in [0.15, 0.2) is 0 Å². The highest BCUT2D eigenvalue weighted by molar-refractivity contribution is 6.10. The maximum atomic E-state index is 14.7. The van der Waals surface area contributed by atoms with Gasteiger partial charge in [0.1, 0.15) is 17.4 Å². The molecule has 2 aliphatic rings. The fourth-order valence-electron chi connectivity index (χ4n) is 4.18. The van der Waals surface area contributed by atoms with Crippen LogP contribution in [0.4, 0.5) is 15.9 Å². The van der Waals surface area contributed by atoms with Gasteiger partial charge in [-0.1, -0.05) is 6.07 Å². The minimum atomic E-state index is -0.440. The second kappa shape index (κ2) is 7.96. The van der Waals surface area contributed by atoms with E-state index in [1.807, 2.05) is 12.1 Å². The molecule has 2 aromatic heterocycles. The van der Waals surface area contributed by atoms with Crippen LogP contribution in [0.25, 0.3) is 11.3 Å². The summed E-state index contributed by atoms with van der Waals surface area (Å²) in [5, 5.41) is 3.33. The van der Waals surface area contributed by atoms with Crippen LogP contribution in [-0.2, 0) is 6.54 Å². The molecular weight excluding hydrogens is 397 g/mol. The number of rotatable bonds is 4. The lowest BCUT2D eigenvalue weighted by molar-refractivity contribution is 0.0996. The maximum absolute atomic E-state index is 14.7. The molecule has 31 heavy (non-hydrogen) atoms. The SMILES string of the molecule is COc1cccc(F)c1-c1nccc2c1CN(c1ccc(N3CCNCC3)cn1)C2=O. The van der Waals surface area contributed by atoms with Crippen molar-refractivity contribution in [3.8, 4) is 17.0 Å². The van der Waals surface area contributed by atoms with Crippen LogP contribution in [-0.4, -0.2) is 49.2 Å². The summed E-state index contributed by atoms with van der Waals surface area (Å²) in [5.41, 5.74) is 2.89. The first-order valence-corrected chi connectivity index (χ1v) is 10.2. The van der Waals surface area contributed by atoms with Crippen molar-refractivity contribution in [2.24, 2.45) is 0 Å². The fraction of sp³-hybridized carbons (Fsp3) is 0.261. The number of aromatic nitrogens is 2. The molecule has 0 bridgehead atoms. The van der Waals surface area contributed by atoms with Gasteiger partial charge in [-0.3, -0.25) is 14.7 Å². The van der Waals surface area contributed by atoms with Gasteiger partial charge < -0.3 is 15.0 Å². The summed E-state index contributed by atoms with van der Waals surface area (Å²) in [7, 11) is 1.49. The Hall–Kier alpha value is -3.52. The first kappa shape index (κ1) is 19.4. The molecule has 4 heterocycles. The van der Waals surface area contributed by atoms with Crippen molar-refractivity contribution in [3.05, 3.63) is 65.7 Å². The van der Waals surface area contributed by atoms with Crippen LogP contribution < -0.4 is 19.9 Å². The van der Waals surface area contributed by atoms with Gasteiger partial charge in [0, 0.05) is 43.5 Å². The number of anilines is 2. The number of hydrogen-bond donors (Lipinski definition) is 1. The minimum Gasteiger partial charge on any atom is -0.496 e. The summed E-state index contributed by atoms with van der Waals surface area (Å²) in [6, 6.07) is 10.2. The number of hydrogen-bond acceptors (Lipinski definition) is 6. The molecule has 0 saturated carbocycles. The largest absolute Gasteiger partial charge is 0.496 e. The van der Waals surface area contributed by atoms with Crippen LogP contribution in [0.1, 0.15) is 15.9 Å². The summed E-state index contributed by atoms with van der Waals surface area (Å²) in [6.07, 6.45) is 3.33. The minimum absolute atomic E-state index is 0.170. The van der Waals surface area contributed by atoms with E-state index in [0.717, 1.165) is 31.9 Å². The van der Waals surface area contributed by atoms with Crippen LogP contribution in [0.15, 0.2) is 48.8 Å². The van der Waals surface area contributed by atoms with Crippen LogP contribution >= 0.6 is 0 Å². The second-order valence-electron chi connectivity index (χ2n) is 7.51. The molecule has 1 amide bonds. The number of pyridine rings is 2. The van der Waals surface area contributed by atoms with E-state index in [1.54, 1.807) is 29.3 Å². The lowest BCUT2D eigenvalue weighted by Crippen LogP contribution is -2.43. The van der Waals surface area contributed by atoms with Crippen molar-refractivity contribution < 1.29 is 13.9 Å². The van der Waals surface area contributed by atoms with Crippen molar-refractivity contribution in [2.75, 3.05) is 43.1 Å². The summed E-state index contributed by atoms with van der Waals surface area (Å²) in [6.45, 7) is 4.01. The van der Waals surface area contributed by atoms with Gasteiger partial charge in [0.25, 0.3) is 5.91 Å². The molecule has 1 saturated heterocycles. The molecule has 0 spiro atoms. The van der Waals surface area contributed by atoms with Crippen LogP contribution in [0, 0.1) is 5.82 Å². The number of ether oxygens (including phenoxy) is 1. The molecule has 1 N–H and O–H groups in total. The van der Waals surface area contributed by atoms with Crippen molar-refractivity contribution in [3.63, 3.8) is 0 Å². The Morgan fingerprint density at radius 3 is 2.68 bits per heavy atom. The number of amides is 1. The van der Waals surface area contributed by atoms with E-state index >= 15 is 0 Å². The summed E-state index contributed by atoms with van der Waals surface area (Å²) in [4.78, 5) is 25.9. The first-order valence-electron chi connectivity index (χ1n) is 10.2. The Bertz CT molecular complexity index is 1130. The smallest absolute Gasteiger partial charge is 0.260 e. The molecule has 8 heteroatoms. The van der Waals surface area contributed by atoms with E-state index in [1.165, 1.54) is 19.4 Å². The van der Waals surface area contributed by atoms with Gasteiger partial charge >= 0.3 is 0 Å². The Kier molecular flexibility index (Phi) is 4.99. The van der Waals surface area contributed by atoms with E-state index in [4.69, 9.17) is 4.74 Å². The highest BCUT2D eigenvalue weighted by Gasteiger charge is 2.33. The van der Waals surface area contributed by atoms with Gasteiger partial charge in [-0.25, -0.2) is 9.37 Å². The maximum Gasteiger partial charge on any atom is 0.260 e. The summed E-state index contributed by atoms with van der Waals surface area (Å²) >= 11 is 0. The molecule has 7 nitrogen and oxygen atoms in total. The molecule has 0 aliphatic carbocycles. The number of halogens is 1. The average molecular weight is 419 g/mol. The third-order valence-electron chi connectivity index (χ3n) is 5.77. The Morgan fingerprint density at radius 1 is 1.10 bits per heavy atom. The zero-order valence-electron chi connectivity index (χ0n) is 17.1. The van der Waals surface area contributed by atoms with Crippen molar-refractivity contribution >= 4 is 17.4 Å². The van der Waals surface area contributed by atoms with Crippen molar-refractivity contribution in [1.29, 1.82) is 0 Å². The Labute approximate surface area is 179 Å². The molecule has 5 rings (SSSR count). The quantitative estimate of drug-likeness (QED) is 0.701. The molecule has 1 fully saturated rings. The highest BCUT2D eigenvalue weighted by Crippen LogP contribution is 2.38. The van der Waals surface area contributed by atoms with E-state index < -0.39 is 5.82 Å². The number of methoxy groups -OCH3 is 1. The number of benzene rings is 1. The molecule has 1 aromatic carbocycles. The summed E-state index contributed by atoms with van der Waals surface area (Å²) in [5.74, 6) is 0.331. The zero-order valence-corrected chi connectivity index (χ0v) is 17.1. The molecule has 0 radical (unpaired) electrons. The van der Waals surface area contributed by atoms with Gasteiger partial charge in [0.2, 0.25) is 0 Å². The highest BCUT2D eigenvalue weighted by atomic mass is 19.1. The third kappa shape index (κ3) is 3.38. The van der Waals surface area contributed by atoms with E-state index in [-0.39, 0.29) is 18.0 Å². The molecule has 158 valence electrons. The number of carbonyl (C=O) groups excluding carboxylic acids is 1. The van der Waals surface area contributed by atoms with E-state index in [0.29, 0.717) is 28.4 Å². The molecular formula is C23H22FN5O2. The second-order valence-corrected chi connectivity index (χ2v) is 7.51. The van der Waals surface area contributed by atoms with Gasteiger partial charge in [-0.15, -0.1) is 0 Å². The molecule has 0 atom stereocenters. The number of nitrogens with zero attached hydrogens (tertiary/aromatic N) is 4.